The Bertz CT molecular complexity index is 487. The summed E-state index contributed by atoms with van der Waals surface area (Å²) in [5, 5.41) is 9.06. The molecule has 0 heterocycles. The molecule has 0 amide bonds. The maximum atomic E-state index is 12.5. The van der Waals surface area contributed by atoms with Crippen LogP contribution in [-0.2, 0) is 17.4 Å². The molecular formula is C13H13F3O2. The maximum Gasteiger partial charge on any atom is 0.416 e. The number of carboxylic acid groups (broad SMARTS) is 1. The lowest BCUT2D eigenvalue weighted by Gasteiger charge is -2.14. The number of carboxylic acids is 1. The molecule has 2 nitrogen and oxygen atoms in total. The van der Waals surface area contributed by atoms with Crippen molar-refractivity contribution in [3.05, 3.63) is 34.9 Å². The topological polar surface area (TPSA) is 37.3 Å². The van der Waals surface area contributed by atoms with E-state index in [0.717, 1.165) is 12.1 Å². The van der Waals surface area contributed by atoms with Crippen molar-refractivity contribution in [2.24, 2.45) is 5.41 Å². The Kier molecular flexibility index (Phi) is 2.87. The number of hydrogen-bond acceptors (Lipinski definition) is 1. The number of alkyl halides is 3. The Morgan fingerprint density at radius 1 is 1.39 bits per heavy atom. The van der Waals surface area contributed by atoms with E-state index in [9.17, 15) is 18.0 Å². The smallest absolute Gasteiger partial charge is 0.416 e. The van der Waals surface area contributed by atoms with Crippen molar-refractivity contribution in [1.29, 1.82) is 0 Å². The van der Waals surface area contributed by atoms with Crippen LogP contribution >= 0.6 is 0 Å². The van der Waals surface area contributed by atoms with Crippen LogP contribution in [0.5, 0.6) is 0 Å². The lowest BCUT2D eigenvalue weighted by atomic mass is 9.92. The van der Waals surface area contributed by atoms with Gasteiger partial charge in [-0.25, -0.2) is 0 Å². The summed E-state index contributed by atoms with van der Waals surface area (Å²) >= 11 is 0. The molecule has 1 aromatic rings. The van der Waals surface area contributed by atoms with Crippen LogP contribution in [0.1, 0.15) is 29.5 Å². The molecule has 0 unspecified atom stereocenters. The van der Waals surface area contributed by atoms with Gasteiger partial charge in [-0.3, -0.25) is 4.79 Å². The third-order valence-corrected chi connectivity index (χ3v) is 3.51. The van der Waals surface area contributed by atoms with E-state index < -0.39 is 23.1 Å². The van der Waals surface area contributed by atoms with E-state index in [0.29, 0.717) is 30.4 Å². The molecule has 18 heavy (non-hydrogen) atoms. The molecule has 1 fully saturated rings. The van der Waals surface area contributed by atoms with Crippen LogP contribution in [0.15, 0.2) is 18.2 Å². The SMILES string of the molecule is Cc1cc(C(F)(F)F)ccc1CC1(C(=O)O)CC1. The summed E-state index contributed by atoms with van der Waals surface area (Å²) in [6.45, 7) is 1.59. The van der Waals surface area contributed by atoms with Crippen molar-refractivity contribution in [3.8, 4) is 0 Å². The van der Waals surface area contributed by atoms with Gasteiger partial charge in [0.2, 0.25) is 0 Å². The fraction of sp³-hybridized carbons (Fsp3) is 0.462. The average Bonchev–Trinajstić information content (AvgIpc) is 3.00. The second-order valence-corrected chi connectivity index (χ2v) is 4.90. The number of carbonyl (C=O) groups is 1. The molecule has 0 spiro atoms. The van der Waals surface area contributed by atoms with Crippen molar-refractivity contribution < 1.29 is 23.1 Å². The maximum absolute atomic E-state index is 12.5. The number of hydrogen-bond donors (Lipinski definition) is 1. The van der Waals surface area contributed by atoms with E-state index in [4.69, 9.17) is 5.11 Å². The molecule has 1 aromatic carbocycles. The molecule has 5 heteroatoms. The molecule has 1 saturated carbocycles. The summed E-state index contributed by atoms with van der Waals surface area (Å²) < 4.78 is 37.5. The van der Waals surface area contributed by atoms with E-state index in [1.807, 2.05) is 0 Å². The van der Waals surface area contributed by atoms with Crippen LogP contribution in [0.2, 0.25) is 0 Å². The van der Waals surface area contributed by atoms with E-state index >= 15 is 0 Å². The van der Waals surface area contributed by atoms with Crippen LogP contribution < -0.4 is 0 Å². The van der Waals surface area contributed by atoms with Crippen molar-refractivity contribution in [2.45, 2.75) is 32.4 Å². The predicted octanol–water partition coefficient (Wildman–Crippen LogP) is 3.42. The number of aryl methyl sites for hydroxylation is 1. The number of aliphatic carboxylic acids is 1. The summed E-state index contributed by atoms with van der Waals surface area (Å²) in [6, 6.07) is 3.48. The van der Waals surface area contributed by atoms with Gasteiger partial charge in [-0.15, -0.1) is 0 Å². The van der Waals surface area contributed by atoms with Crippen molar-refractivity contribution >= 4 is 5.97 Å². The summed E-state index contributed by atoms with van der Waals surface area (Å²) in [6.07, 6.45) is -2.84. The van der Waals surface area contributed by atoms with Gasteiger partial charge in [0.1, 0.15) is 0 Å². The number of halogens is 3. The first-order valence-corrected chi connectivity index (χ1v) is 5.65. The van der Waals surface area contributed by atoms with Crippen LogP contribution in [0.4, 0.5) is 13.2 Å². The lowest BCUT2D eigenvalue weighted by Crippen LogP contribution is -2.18. The first kappa shape index (κ1) is 12.9. The minimum Gasteiger partial charge on any atom is -0.481 e. The second-order valence-electron chi connectivity index (χ2n) is 4.90. The van der Waals surface area contributed by atoms with Gasteiger partial charge in [0.05, 0.1) is 11.0 Å². The number of rotatable bonds is 3. The van der Waals surface area contributed by atoms with Gasteiger partial charge in [-0.2, -0.15) is 13.2 Å². The minimum atomic E-state index is -4.35. The molecule has 1 aliphatic rings. The second kappa shape index (κ2) is 4.00. The molecule has 98 valence electrons. The van der Waals surface area contributed by atoms with Gasteiger partial charge in [0.15, 0.2) is 0 Å². The van der Waals surface area contributed by atoms with Crippen LogP contribution in [0, 0.1) is 12.3 Å². The fourth-order valence-corrected chi connectivity index (χ4v) is 2.05. The van der Waals surface area contributed by atoms with Gasteiger partial charge < -0.3 is 5.11 Å². The third kappa shape index (κ3) is 2.35. The predicted molar refractivity (Wildman–Crippen MR) is 59.2 cm³/mol. The highest BCUT2D eigenvalue weighted by atomic mass is 19.4. The van der Waals surface area contributed by atoms with Gasteiger partial charge in [-0.05, 0) is 49.4 Å². The largest absolute Gasteiger partial charge is 0.481 e. The first-order valence-electron chi connectivity index (χ1n) is 5.65. The highest BCUT2D eigenvalue weighted by molar-refractivity contribution is 5.78. The number of benzene rings is 1. The van der Waals surface area contributed by atoms with Crippen LogP contribution in [0.3, 0.4) is 0 Å². The van der Waals surface area contributed by atoms with Gasteiger partial charge in [0.25, 0.3) is 0 Å². The summed E-state index contributed by atoms with van der Waals surface area (Å²) in [4.78, 5) is 11.0. The molecule has 0 radical (unpaired) electrons. The van der Waals surface area contributed by atoms with E-state index in [2.05, 4.69) is 0 Å². The molecule has 0 atom stereocenters. The van der Waals surface area contributed by atoms with Gasteiger partial charge in [0, 0.05) is 0 Å². The lowest BCUT2D eigenvalue weighted by molar-refractivity contribution is -0.143. The summed E-state index contributed by atoms with van der Waals surface area (Å²) in [5.41, 5.74) is -0.256. The highest BCUT2D eigenvalue weighted by Crippen LogP contribution is 2.49. The molecule has 0 bridgehead atoms. The van der Waals surface area contributed by atoms with Crippen molar-refractivity contribution in [2.75, 3.05) is 0 Å². The molecule has 2 rings (SSSR count). The van der Waals surface area contributed by atoms with Gasteiger partial charge in [-0.1, -0.05) is 6.07 Å². The molecule has 1 N–H and O–H groups in total. The Hall–Kier alpha value is -1.52. The van der Waals surface area contributed by atoms with Crippen molar-refractivity contribution in [3.63, 3.8) is 0 Å². The first-order chi connectivity index (χ1) is 8.24. The third-order valence-electron chi connectivity index (χ3n) is 3.51. The van der Waals surface area contributed by atoms with Gasteiger partial charge >= 0.3 is 12.1 Å². The Morgan fingerprint density at radius 3 is 2.39 bits per heavy atom. The molecule has 1 aliphatic carbocycles. The summed E-state index contributed by atoms with van der Waals surface area (Å²) in [5.74, 6) is -0.859. The quantitative estimate of drug-likeness (QED) is 0.901. The minimum absolute atomic E-state index is 0.312. The van der Waals surface area contributed by atoms with E-state index in [-0.39, 0.29) is 0 Å². The molecular weight excluding hydrogens is 245 g/mol. The van der Waals surface area contributed by atoms with Crippen LogP contribution in [0.25, 0.3) is 0 Å². The Labute approximate surface area is 102 Å². The average molecular weight is 258 g/mol. The van der Waals surface area contributed by atoms with E-state index in [1.54, 1.807) is 6.92 Å². The normalized spacial score (nSPS) is 17.6. The molecule has 0 aromatic heterocycles. The zero-order chi connectivity index (χ0) is 13.6. The molecule has 0 aliphatic heterocycles. The zero-order valence-corrected chi connectivity index (χ0v) is 9.84. The van der Waals surface area contributed by atoms with Crippen molar-refractivity contribution in [1.82, 2.24) is 0 Å². The Morgan fingerprint density at radius 2 is 2.00 bits per heavy atom. The fourth-order valence-electron chi connectivity index (χ4n) is 2.05. The monoisotopic (exact) mass is 258 g/mol. The standard InChI is InChI=1S/C13H13F3O2/c1-8-6-10(13(14,15)16)3-2-9(8)7-12(4-5-12)11(17)18/h2-3,6H,4-5,7H2,1H3,(H,17,18). The highest BCUT2D eigenvalue weighted by Gasteiger charge is 2.50. The van der Waals surface area contributed by atoms with Crippen LogP contribution in [-0.4, -0.2) is 11.1 Å². The zero-order valence-electron chi connectivity index (χ0n) is 9.84. The van der Waals surface area contributed by atoms with E-state index in [1.165, 1.54) is 6.07 Å². The Balaban J connectivity index is 2.24. The molecule has 0 saturated heterocycles. The summed E-state index contributed by atoms with van der Waals surface area (Å²) in [7, 11) is 0.